The third kappa shape index (κ3) is 4.32. The SMILES string of the molecule is O=NC(=O)CCC(=O)NNc1ccccc1. The van der Waals surface area contributed by atoms with E-state index in [1.165, 1.54) is 0 Å². The first-order valence-corrected chi connectivity index (χ1v) is 4.68. The van der Waals surface area contributed by atoms with Crippen molar-refractivity contribution in [2.24, 2.45) is 5.18 Å². The first-order valence-electron chi connectivity index (χ1n) is 4.68. The Balaban J connectivity index is 2.25. The van der Waals surface area contributed by atoms with Crippen LogP contribution in [0.1, 0.15) is 12.8 Å². The van der Waals surface area contributed by atoms with Crippen LogP contribution in [0.2, 0.25) is 0 Å². The van der Waals surface area contributed by atoms with Crippen molar-refractivity contribution in [1.29, 1.82) is 0 Å². The highest BCUT2D eigenvalue weighted by Gasteiger charge is 2.06. The van der Waals surface area contributed by atoms with Gasteiger partial charge in [-0.25, -0.2) is 0 Å². The maximum Gasteiger partial charge on any atom is 0.286 e. The maximum atomic E-state index is 11.2. The zero-order valence-electron chi connectivity index (χ0n) is 8.47. The first-order chi connectivity index (χ1) is 7.72. The Hall–Kier alpha value is -2.24. The fourth-order valence-corrected chi connectivity index (χ4v) is 0.992. The van der Waals surface area contributed by atoms with Crippen molar-refractivity contribution in [2.45, 2.75) is 12.8 Å². The number of carbonyl (C=O) groups is 2. The number of nitrogens with zero attached hydrogens (tertiary/aromatic N) is 1. The minimum absolute atomic E-state index is 0.0651. The molecule has 0 aliphatic heterocycles. The van der Waals surface area contributed by atoms with E-state index in [1.807, 2.05) is 18.2 Å². The minimum Gasteiger partial charge on any atom is -0.299 e. The first kappa shape index (κ1) is 11.8. The number of amides is 2. The topological polar surface area (TPSA) is 87.6 Å². The quantitative estimate of drug-likeness (QED) is 0.577. The van der Waals surface area contributed by atoms with Crippen molar-refractivity contribution >= 4 is 17.5 Å². The van der Waals surface area contributed by atoms with E-state index in [2.05, 4.69) is 16.0 Å². The van der Waals surface area contributed by atoms with Gasteiger partial charge in [-0.15, -0.1) is 4.91 Å². The summed E-state index contributed by atoms with van der Waals surface area (Å²) in [5.41, 5.74) is 5.79. The molecule has 6 nitrogen and oxygen atoms in total. The molecule has 1 rings (SSSR count). The average molecular weight is 221 g/mol. The lowest BCUT2D eigenvalue weighted by atomic mass is 10.3. The van der Waals surface area contributed by atoms with Crippen molar-refractivity contribution in [1.82, 2.24) is 5.43 Å². The van der Waals surface area contributed by atoms with Gasteiger partial charge in [0.2, 0.25) is 5.91 Å². The second kappa shape index (κ2) is 6.28. The molecule has 0 aliphatic carbocycles. The number of anilines is 1. The van der Waals surface area contributed by atoms with E-state index in [1.54, 1.807) is 12.1 Å². The van der Waals surface area contributed by atoms with E-state index >= 15 is 0 Å². The van der Waals surface area contributed by atoms with Gasteiger partial charge in [-0.2, -0.15) is 0 Å². The predicted octanol–water partition coefficient (Wildman–Crippen LogP) is 1.20. The van der Waals surface area contributed by atoms with Crippen LogP contribution in [0.25, 0.3) is 0 Å². The van der Waals surface area contributed by atoms with Gasteiger partial charge in [0, 0.05) is 18.0 Å². The summed E-state index contributed by atoms with van der Waals surface area (Å²) in [5.74, 6) is -1.20. The third-order valence-corrected chi connectivity index (χ3v) is 1.79. The number of benzene rings is 1. The summed E-state index contributed by atoms with van der Waals surface area (Å²) in [6.07, 6.45) is -0.240. The Morgan fingerprint density at radius 3 is 2.44 bits per heavy atom. The van der Waals surface area contributed by atoms with Crippen molar-refractivity contribution in [3.8, 4) is 0 Å². The Kier molecular flexibility index (Phi) is 4.65. The van der Waals surface area contributed by atoms with Crippen LogP contribution in [0.15, 0.2) is 35.5 Å². The van der Waals surface area contributed by atoms with Crippen LogP contribution < -0.4 is 10.9 Å². The highest BCUT2D eigenvalue weighted by molar-refractivity contribution is 5.84. The van der Waals surface area contributed by atoms with E-state index in [4.69, 9.17) is 0 Å². The lowest BCUT2D eigenvalue weighted by molar-refractivity contribution is -0.124. The van der Waals surface area contributed by atoms with Gasteiger partial charge in [0.25, 0.3) is 5.91 Å². The van der Waals surface area contributed by atoms with Crippen LogP contribution in [0.4, 0.5) is 5.69 Å². The molecule has 0 unspecified atom stereocenters. The van der Waals surface area contributed by atoms with Crippen LogP contribution in [-0.4, -0.2) is 11.8 Å². The van der Waals surface area contributed by atoms with Gasteiger partial charge in [-0.05, 0) is 12.1 Å². The molecule has 0 spiro atoms. The molecular formula is C10H11N3O3. The summed E-state index contributed by atoms with van der Waals surface area (Å²) in [4.78, 5) is 31.4. The minimum atomic E-state index is -0.824. The summed E-state index contributed by atoms with van der Waals surface area (Å²) in [7, 11) is 0. The number of nitroso groups, excluding NO2 is 1. The number of rotatable bonds is 5. The highest BCUT2D eigenvalue weighted by atomic mass is 16.3. The van der Waals surface area contributed by atoms with E-state index in [-0.39, 0.29) is 18.7 Å². The second-order valence-electron chi connectivity index (χ2n) is 3.02. The molecular weight excluding hydrogens is 210 g/mol. The summed E-state index contributed by atoms with van der Waals surface area (Å²) in [6, 6.07) is 9.03. The molecule has 0 atom stereocenters. The fourth-order valence-electron chi connectivity index (χ4n) is 0.992. The molecule has 0 saturated heterocycles. The second-order valence-corrected chi connectivity index (χ2v) is 3.02. The lowest BCUT2D eigenvalue weighted by Gasteiger charge is -2.06. The molecule has 0 fully saturated rings. The van der Waals surface area contributed by atoms with Crippen LogP contribution in [0.5, 0.6) is 0 Å². The maximum absolute atomic E-state index is 11.2. The van der Waals surface area contributed by atoms with Crippen molar-refractivity contribution < 1.29 is 9.59 Å². The highest BCUT2D eigenvalue weighted by Crippen LogP contribution is 2.02. The molecule has 84 valence electrons. The Labute approximate surface area is 92.0 Å². The lowest BCUT2D eigenvalue weighted by Crippen LogP contribution is -2.29. The molecule has 1 aromatic carbocycles. The normalized spacial score (nSPS) is 9.25. The molecule has 0 saturated carbocycles. The number of hydrazine groups is 1. The van der Waals surface area contributed by atoms with Crippen LogP contribution >= 0.6 is 0 Å². The Morgan fingerprint density at radius 1 is 1.12 bits per heavy atom. The third-order valence-electron chi connectivity index (χ3n) is 1.79. The van der Waals surface area contributed by atoms with Gasteiger partial charge in [0.1, 0.15) is 0 Å². The van der Waals surface area contributed by atoms with Crippen LogP contribution in [-0.2, 0) is 9.59 Å². The fraction of sp³-hybridized carbons (Fsp3) is 0.200. The zero-order valence-corrected chi connectivity index (χ0v) is 8.47. The van der Waals surface area contributed by atoms with E-state index in [0.29, 0.717) is 0 Å². The summed E-state index contributed by atoms with van der Waals surface area (Å²) in [5, 5.41) is 2.19. The average Bonchev–Trinajstić information content (AvgIpc) is 2.34. The van der Waals surface area contributed by atoms with Crippen molar-refractivity contribution in [2.75, 3.05) is 5.43 Å². The van der Waals surface area contributed by atoms with E-state index in [9.17, 15) is 14.5 Å². The molecule has 16 heavy (non-hydrogen) atoms. The van der Waals surface area contributed by atoms with Gasteiger partial charge in [0.05, 0.1) is 5.69 Å². The van der Waals surface area contributed by atoms with Crippen LogP contribution in [0.3, 0.4) is 0 Å². The van der Waals surface area contributed by atoms with Crippen molar-refractivity contribution in [3.05, 3.63) is 35.2 Å². The van der Waals surface area contributed by atoms with Crippen molar-refractivity contribution in [3.63, 3.8) is 0 Å². The molecule has 0 radical (unpaired) electrons. The number of hydrogen-bond donors (Lipinski definition) is 2. The van der Waals surface area contributed by atoms with Gasteiger partial charge in [-0.3, -0.25) is 20.4 Å². The summed E-state index contributed by atoms with van der Waals surface area (Å²) in [6.45, 7) is 0. The Morgan fingerprint density at radius 2 is 1.81 bits per heavy atom. The molecule has 1 aromatic rings. The van der Waals surface area contributed by atoms with Gasteiger partial charge >= 0.3 is 0 Å². The molecule has 0 bridgehead atoms. The van der Waals surface area contributed by atoms with Gasteiger partial charge < -0.3 is 0 Å². The monoisotopic (exact) mass is 221 g/mol. The zero-order chi connectivity index (χ0) is 11.8. The molecule has 0 aromatic heterocycles. The molecule has 6 heteroatoms. The Bertz CT molecular complexity index is 378. The smallest absolute Gasteiger partial charge is 0.286 e. The van der Waals surface area contributed by atoms with E-state index in [0.717, 1.165) is 5.69 Å². The van der Waals surface area contributed by atoms with Gasteiger partial charge in [0.15, 0.2) is 0 Å². The van der Waals surface area contributed by atoms with E-state index < -0.39 is 5.91 Å². The summed E-state index contributed by atoms with van der Waals surface area (Å²) < 4.78 is 0. The molecule has 0 heterocycles. The molecule has 2 N–H and O–H groups in total. The molecule has 2 amide bonds. The largest absolute Gasteiger partial charge is 0.299 e. The predicted molar refractivity (Wildman–Crippen MR) is 58.2 cm³/mol. The number of para-hydroxylation sites is 1. The number of nitrogens with one attached hydrogen (secondary N) is 2. The standard InChI is InChI=1S/C10H11N3O3/c14-9(6-7-10(15)13-16)12-11-8-4-2-1-3-5-8/h1-5,11H,6-7H2,(H,12,14). The van der Waals surface area contributed by atoms with Gasteiger partial charge in [-0.1, -0.05) is 18.2 Å². The summed E-state index contributed by atoms with van der Waals surface area (Å²) >= 11 is 0. The number of carbonyl (C=O) groups excluding carboxylic acids is 2. The molecule has 0 aliphatic rings. The van der Waals surface area contributed by atoms with Crippen LogP contribution in [0, 0.1) is 4.91 Å². The number of hydrogen-bond acceptors (Lipinski definition) is 4.